The van der Waals surface area contributed by atoms with E-state index in [0.717, 1.165) is 3.94 Å². The smallest absolute Gasteiger partial charge is 0.0299 e. The summed E-state index contributed by atoms with van der Waals surface area (Å²) in [6.45, 7) is 3.22. The second kappa shape index (κ2) is 2.36. The molecule has 0 rings (SSSR count). The summed E-state index contributed by atoms with van der Waals surface area (Å²) in [6, 6.07) is 0. The van der Waals surface area contributed by atoms with Gasteiger partial charge in [0.05, 0.1) is 0 Å². The lowest BCUT2D eigenvalue weighted by Crippen LogP contribution is -1.75. The van der Waals surface area contributed by atoms with Gasteiger partial charge in [-0.2, -0.15) is 0 Å². The van der Waals surface area contributed by atoms with Gasteiger partial charge in [-0.25, -0.2) is 3.94 Å². The maximum Gasteiger partial charge on any atom is 0.0299 e. The van der Waals surface area contributed by atoms with Crippen LogP contribution in [-0.2, 0) is 0 Å². The van der Waals surface area contributed by atoms with Crippen LogP contribution in [0.2, 0.25) is 0 Å². The minimum Gasteiger partial charge on any atom is -0.202 e. The second-order valence-corrected chi connectivity index (χ2v) is 1.34. The second-order valence-electron chi connectivity index (χ2n) is 0.442. The van der Waals surface area contributed by atoms with Gasteiger partial charge in [0.1, 0.15) is 0 Å². The monoisotopic (exact) mass is 111 g/mol. The largest absolute Gasteiger partial charge is 0.202 e. The number of hydrogen-bond acceptors (Lipinski definition) is 1. The van der Waals surface area contributed by atoms with E-state index in [0.29, 0.717) is 0 Å². The van der Waals surface area contributed by atoms with Crippen molar-refractivity contribution in [3.8, 4) is 0 Å². The van der Waals surface area contributed by atoms with E-state index in [9.17, 15) is 0 Å². The summed E-state index contributed by atoms with van der Waals surface area (Å²) in [5.74, 6) is 0. The summed E-state index contributed by atoms with van der Waals surface area (Å²) in [7, 11) is 0. The lowest BCUT2D eigenvalue weighted by atomic mass is 11.1. The minimum absolute atomic E-state index is 0.833. The fourth-order valence-corrected chi connectivity index (χ4v) is 0. The van der Waals surface area contributed by atoms with E-state index < -0.39 is 0 Å². The summed E-state index contributed by atoms with van der Waals surface area (Å²) in [5.41, 5.74) is 0. The highest BCUT2D eigenvalue weighted by Gasteiger charge is 1.71. The van der Waals surface area contributed by atoms with Gasteiger partial charge in [-0.05, 0) is 0 Å². The quantitative estimate of drug-likeness (QED) is 0.467. The molecule has 5 heavy (non-hydrogen) atoms. The van der Waals surface area contributed by atoms with E-state index in [4.69, 9.17) is 23.6 Å². The highest BCUT2D eigenvalue weighted by molar-refractivity contribution is 6.34. The van der Waals surface area contributed by atoms with Crippen LogP contribution in [0.1, 0.15) is 0 Å². The Bertz CT molecular complexity index is 34.6. The molecule has 0 unspecified atom stereocenters. The van der Waals surface area contributed by atoms with Crippen molar-refractivity contribution in [3.05, 3.63) is 12.8 Å². The van der Waals surface area contributed by atoms with Crippen LogP contribution in [0.25, 0.3) is 0 Å². The SMILES string of the molecule is C=CN(Cl)Cl. The highest BCUT2D eigenvalue weighted by atomic mass is 35.5. The highest BCUT2D eigenvalue weighted by Crippen LogP contribution is 1.94. The van der Waals surface area contributed by atoms with Gasteiger partial charge in [-0.1, -0.05) is 6.58 Å². The van der Waals surface area contributed by atoms with E-state index in [1.165, 1.54) is 6.20 Å². The standard InChI is InChI=1S/C2H3Cl2N/c1-2-5(3)4/h2H,1H2. The van der Waals surface area contributed by atoms with Gasteiger partial charge in [-0.3, -0.25) is 0 Å². The van der Waals surface area contributed by atoms with Crippen LogP contribution < -0.4 is 0 Å². The number of nitrogens with zero attached hydrogens (tertiary/aromatic N) is 1. The third kappa shape index (κ3) is 4.12. The molecule has 0 aromatic rings. The Morgan fingerprint density at radius 2 is 1.80 bits per heavy atom. The van der Waals surface area contributed by atoms with Crippen molar-refractivity contribution in [1.82, 2.24) is 3.94 Å². The van der Waals surface area contributed by atoms with Gasteiger partial charge < -0.3 is 0 Å². The maximum atomic E-state index is 4.94. The van der Waals surface area contributed by atoms with Crippen LogP contribution in [0.4, 0.5) is 0 Å². The molecule has 0 amide bonds. The van der Waals surface area contributed by atoms with Crippen molar-refractivity contribution >= 4 is 23.6 Å². The van der Waals surface area contributed by atoms with Crippen LogP contribution in [0.3, 0.4) is 0 Å². The zero-order valence-electron chi connectivity index (χ0n) is 2.49. The molecule has 3 heteroatoms. The normalized spacial score (nSPS) is 6.80. The molecular formula is C2H3Cl2N. The molecule has 0 aliphatic rings. The molecule has 0 N–H and O–H groups in total. The Kier molecular flexibility index (Phi) is 2.42. The predicted octanol–water partition coefficient (Wildman–Crippen LogP) is 1.74. The third-order valence-corrected chi connectivity index (χ3v) is 0.414. The van der Waals surface area contributed by atoms with Crippen LogP contribution in [-0.4, -0.2) is 3.94 Å². The topological polar surface area (TPSA) is 3.24 Å². The summed E-state index contributed by atoms with van der Waals surface area (Å²) in [5, 5.41) is 0. The molecule has 0 spiro atoms. The van der Waals surface area contributed by atoms with Crippen molar-refractivity contribution in [2.24, 2.45) is 0 Å². The average molecular weight is 112 g/mol. The molecule has 0 saturated carbocycles. The molecule has 0 atom stereocenters. The van der Waals surface area contributed by atoms with E-state index in [1.807, 2.05) is 0 Å². The van der Waals surface area contributed by atoms with Gasteiger partial charge >= 0.3 is 0 Å². The predicted molar refractivity (Wildman–Crippen MR) is 23.7 cm³/mol. The fraction of sp³-hybridized carbons (Fsp3) is 0. The summed E-state index contributed by atoms with van der Waals surface area (Å²) < 4.78 is 0.833. The Hall–Kier alpha value is 0.120. The molecule has 0 fully saturated rings. The van der Waals surface area contributed by atoms with E-state index in [1.54, 1.807) is 0 Å². The molecule has 0 radical (unpaired) electrons. The molecule has 0 aromatic carbocycles. The molecule has 0 aliphatic carbocycles. The molecule has 0 aromatic heterocycles. The first-order chi connectivity index (χ1) is 2.27. The van der Waals surface area contributed by atoms with E-state index >= 15 is 0 Å². The lowest BCUT2D eigenvalue weighted by Gasteiger charge is -1.87. The molecule has 0 saturated heterocycles. The Labute approximate surface area is 41.0 Å². The van der Waals surface area contributed by atoms with E-state index in [-0.39, 0.29) is 0 Å². The van der Waals surface area contributed by atoms with Crippen LogP contribution in [0.5, 0.6) is 0 Å². The van der Waals surface area contributed by atoms with Gasteiger partial charge in [-0.15, -0.1) is 0 Å². The average Bonchev–Trinajstić information content (AvgIpc) is 1.38. The van der Waals surface area contributed by atoms with Gasteiger partial charge in [0.25, 0.3) is 0 Å². The molecule has 0 aliphatic heterocycles. The zero-order chi connectivity index (χ0) is 4.28. The molecule has 0 heterocycles. The van der Waals surface area contributed by atoms with Gasteiger partial charge in [0.2, 0.25) is 0 Å². The van der Waals surface area contributed by atoms with Crippen molar-refractivity contribution in [2.45, 2.75) is 0 Å². The molecular weight excluding hydrogens is 109 g/mol. The first-order valence-electron chi connectivity index (χ1n) is 1.00. The Morgan fingerprint density at radius 3 is 1.80 bits per heavy atom. The Morgan fingerprint density at radius 1 is 1.60 bits per heavy atom. The first-order valence-corrected chi connectivity index (χ1v) is 1.68. The van der Waals surface area contributed by atoms with Crippen molar-refractivity contribution < 1.29 is 0 Å². The maximum absolute atomic E-state index is 4.94. The number of rotatable bonds is 1. The van der Waals surface area contributed by atoms with Crippen molar-refractivity contribution in [1.29, 1.82) is 0 Å². The first kappa shape index (κ1) is 5.12. The molecule has 1 nitrogen and oxygen atoms in total. The molecule has 30 valence electrons. The van der Waals surface area contributed by atoms with Crippen molar-refractivity contribution in [2.75, 3.05) is 0 Å². The fourth-order valence-electron chi connectivity index (χ4n) is 0. The molecule has 0 bridgehead atoms. The third-order valence-electron chi connectivity index (χ3n) is 0.138. The summed E-state index contributed by atoms with van der Waals surface area (Å²) in [4.78, 5) is 0. The van der Waals surface area contributed by atoms with Gasteiger partial charge in [0, 0.05) is 29.8 Å². The van der Waals surface area contributed by atoms with E-state index in [2.05, 4.69) is 6.58 Å². The minimum atomic E-state index is 0.833. The Balaban J connectivity index is 2.83. The summed E-state index contributed by atoms with van der Waals surface area (Å²) >= 11 is 9.89. The number of hydrogen-bond donors (Lipinski definition) is 0. The van der Waals surface area contributed by atoms with Gasteiger partial charge in [0.15, 0.2) is 0 Å². The summed E-state index contributed by atoms with van der Waals surface area (Å²) in [6.07, 6.45) is 1.28. The zero-order valence-corrected chi connectivity index (χ0v) is 4.00. The van der Waals surface area contributed by atoms with Crippen LogP contribution in [0.15, 0.2) is 12.8 Å². The lowest BCUT2D eigenvalue weighted by molar-refractivity contribution is 0.996. The van der Waals surface area contributed by atoms with Crippen LogP contribution >= 0.6 is 23.6 Å². The van der Waals surface area contributed by atoms with Crippen molar-refractivity contribution in [3.63, 3.8) is 0 Å². The van der Waals surface area contributed by atoms with Crippen LogP contribution in [0, 0.1) is 0 Å². The number of halogens is 2.